The first kappa shape index (κ1) is 18.8. The Morgan fingerprint density at radius 3 is 1.96 bits per heavy atom. The van der Waals surface area contributed by atoms with Gasteiger partial charge >= 0.3 is 0 Å². The number of carbonyl (C=O) groups is 1. The summed E-state index contributed by atoms with van der Waals surface area (Å²) in [5.74, 6) is 1.24. The van der Waals surface area contributed by atoms with E-state index in [0.717, 1.165) is 22.4 Å². The molecule has 3 aromatic rings. The van der Waals surface area contributed by atoms with Crippen LogP contribution in [0.3, 0.4) is 0 Å². The molecular formula is C23H23NO3. The summed E-state index contributed by atoms with van der Waals surface area (Å²) in [4.78, 5) is 12.1. The van der Waals surface area contributed by atoms with Crippen molar-refractivity contribution in [2.75, 3.05) is 6.61 Å². The van der Waals surface area contributed by atoms with E-state index in [4.69, 9.17) is 10.5 Å². The Labute approximate surface area is 159 Å². The molecule has 0 aromatic heterocycles. The van der Waals surface area contributed by atoms with Gasteiger partial charge in [-0.1, -0.05) is 54.6 Å². The molecule has 1 atom stereocenters. The smallest absolute Gasteiger partial charge is 0.159 e. The fourth-order valence-electron chi connectivity index (χ4n) is 2.63. The quantitative estimate of drug-likeness (QED) is 0.668. The maximum Gasteiger partial charge on any atom is 0.159 e. The molecule has 0 amide bonds. The summed E-state index contributed by atoms with van der Waals surface area (Å²) in [6.07, 6.45) is 0.180. The van der Waals surface area contributed by atoms with E-state index in [0.29, 0.717) is 5.75 Å². The molecule has 0 aliphatic heterocycles. The SMILES string of the molecule is C[C@](N)(CO)C(=O)Cc1ccc(Oc2ccc(-c3ccccc3)cc2)cc1. The fraction of sp³-hybridized carbons (Fsp3) is 0.174. The summed E-state index contributed by atoms with van der Waals surface area (Å²) in [7, 11) is 0. The predicted octanol–water partition coefficient (Wildman–Crippen LogP) is 3.97. The number of ether oxygens (including phenoxy) is 1. The van der Waals surface area contributed by atoms with Crippen LogP contribution in [0.5, 0.6) is 11.5 Å². The molecule has 3 aromatic carbocycles. The average Bonchev–Trinajstić information content (AvgIpc) is 2.70. The first-order chi connectivity index (χ1) is 13.0. The van der Waals surface area contributed by atoms with Gasteiger partial charge in [0.2, 0.25) is 0 Å². The molecule has 0 bridgehead atoms. The molecule has 3 rings (SSSR count). The van der Waals surface area contributed by atoms with E-state index in [1.807, 2.05) is 66.7 Å². The van der Waals surface area contributed by atoms with E-state index in [-0.39, 0.29) is 18.8 Å². The van der Waals surface area contributed by atoms with Crippen LogP contribution in [0.4, 0.5) is 0 Å². The van der Waals surface area contributed by atoms with Crippen LogP contribution in [0.25, 0.3) is 11.1 Å². The average molecular weight is 361 g/mol. The zero-order valence-corrected chi connectivity index (χ0v) is 15.3. The number of nitrogens with two attached hydrogens (primary N) is 1. The van der Waals surface area contributed by atoms with E-state index in [1.165, 1.54) is 6.92 Å². The number of aliphatic hydroxyl groups excluding tert-OH is 1. The van der Waals surface area contributed by atoms with Crippen LogP contribution in [-0.2, 0) is 11.2 Å². The Kier molecular flexibility index (Phi) is 5.69. The zero-order valence-electron chi connectivity index (χ0n) is 15.3. The van der Waals surface area contributed by atoms with Gasteiger partial charge in [-0.05, 0) is 47.9 Å². The largest absolute Gasteiger partial charge is 0.457 e. The lowest BCUT2D eigenvalue weighted by molar-refractivity contribution is -0.124. The topological polar surface area (TPSA) is 72.5 Å². The Balaban J connectivity index is 1.64. The van der Waals surface area contributed by atoms with Crippen molar-refractivity contribution in [3.63, 3.8) is 0 Å². The molecule has 0 unspecified atom stereocenters. The Hall–Kier alpha value is -2.95. The summed E-state index contributed by atoms with van der Waals surface area (Å²) in [6.45, 7) is 1.16. The molecule has 4 heteroatoms. The van der Waals surface area contributed by atoms with E-state index in [1.54, 1.807) is 0 Å². The first-order valence-electron chi connectivity index (χ1n) is 8.83. The van der Waals surface area contributed by atoms with Crippen molar-refractivity contribution in [1.82, 2.24) is 0 Å². The standard InChI is InChI=1S/C23H23NO3/c1-23(24,16-25)22(26)15-17-7-11-20(12-8-17)27-21-13-9-19(10-14-21)18-5-3-2-4-6-18/h2-14,25H,15-16,24H2,1H3/t23-/m0/s1. The fourth-order valence-corrected chi connectivity index (χ4v) is 2.63. The van der Waals surface area contributed by atoms with Crippen molar-refractivity contribution in [1.29, 1.82) is 0 Å². The van der Waals surface area contributed by atoms with Crippen molar-refractivity contribution in [3.05, 3.63) is 84.4 Å². The molecule has 27 heavy (non-hydrogen) atoms. The van der Waals surface area contributed by atoms with Crippen LogP contribution in [-0.4, -0.2) is 23.0 Å². The Morgan fingerprint density at radius 1 is 0.889 bits per heavy atom. The second-order valence-corrected chi connectivity index (χ2v) is 6.81. The van der Waals surface area contributed by atoms with Crippen LogP contribution < -0.4 is 10.5 Å². The molecule has 0 fully saturated rings. The van der Waals surface area contributed by atoms with Crippen molar-refractivity contribution < 1.29 is 14.6 Å². The third-order valence-electron chi connectivity index (χ3n) is 4.45. The van der Waals surface area contributed by atoms with Gasteiger partial charge in [-0.2, -0.15) is 0 Å². The lowest BCUT2D eigenvalue weighted by Crippen LogP contribution is -2.49. The molecule has 0 aliphatic rings. The molecule has 0 radical (unpaired) electrons. The Bertz CT molecular complexity index is 885. The van der Waals surface area contributed by atoms with Crippen molar-refractivity contribution in [2.45, 2.75) is 18.9 Å². The monoisotopic (exact) mass is 361 g/mol. The highest BCUT2D eigenvalue weighted by Crippen LogP contribution is 2.26. The molecule has 138 valence electrons. The minimum Gasteiger partial charge on any atom is -0.457 e. The molecule has 0 saturated heterocycles. The highest BCUT2D eigenvalue weighted by Gasteiger charge is 2.26. The number of Topliss-reactive ketones (excluding diaryl/α,β-unsaturated/α-hetero) is 1. The maximum absolute atomic E-state index is 12.1. The van der Waals surface area contributed by atoms with Crippen molar-refractivity contribution in [3.8, 4) is 22.6 Å². The van der Waals surface area contributed by atoms with Gasteiger partial charge in [0.25, 0.3) is 0 Å². The Morgan fingerprint density at radius 2 is 1.41 bits per heavy atom. The normalized spacial score (nSPS) is 13.0. The highest BCUT2D eigenvalue weighted by molar-refractivity contribution is 5.89. The second kappa shape index (κ2) is 8.16. The number of carbonyl (C=O) groups excluding carboxylic acids is 1. The van der Waals surface area contributed by atoms with E-state index in [9.17, 15) is 9.90 Å². The summed E-state index contributed by atoms with van der Waals surface area (Å²) < 4.78 is 5.87. The van der Waals surface area contributed by atoms with Gasteiger partial charge < -0.3 is 15.6 Å². The molecule has 4 nitrogen and oxygen atoms in total. The number of aliphatic hydroxyl groups is 1. The van der Waals surface area contributed by atoms with E-state index in [2.05, 4.69) is 12.1 Å². The second-order valence-electron chi connectivity index (χ2n) is 6.81. The van der Waals surface area contributed by atoms with Crippen LogP contribution in [0.15, 0.2) is 78.9 Å². The number of hydrogen-bond donors (Lipinski definition) is 2. The number of rotatable bonds is 7. The first-order valence-corrected chi connectivity index (χ1v) is 8.83. The van der Waals surface area contributed by atoms with E-state index < -0.39 is 5.54 Å². The van der Waals surface area contributed by atoms with Crippen LogP contribution in [0.1, 0.15) is 12.5 Å². The summed E-state index contributed by atoms with van der Waals surface area (Å²) in [5, 5.41) is 9.18. The number of benzene rings is 3. The molecule has 0 saturated carbocycles. The maximum atomic E-state index is 12.1. The van der Waals surface area contributed by atoms with E-state index >= 15 is 0 Å². The molecule has 0 spiro atoms. The van der Waals surface area contributed by atoms with Gasteiger partial charge in [0, 0.05) is 6.42 Å². The van der Waals surface area contributed by atoms with Gasteiger partial charge in [-0.3, -0.25) is 4.79 Å². The summed E-state index contributed by atoms with van der Waals surface area (Å²) in [6, 6.07) is 25.4. The molecule has 0 heterocycles. The number of ketones is 1. The third kappa shape index (κ3) is 4.82. The summed E-state index contributed by atoms with van der Waals surface area (Å²) in [5.41, 5.74) is 7.68. The van der Waals surface area contributed by atoms with Gasteiger partial charge in [0.1, 0.15) is 11.5 Å². The highest BCUT2D eigenvalue weighted by atomic mass is 16.5. The lowest BCUT2D eigenvalue weighted by atomic mass is 9.93. The van der Waals surface area contributed by atoms with Crippen LogP contribution >= 0.6 is 0 Å². The number of hydrogen-bond acceptors (Lipinski definition) is 4. The molecule has 3 N–H and O–H groups in total. The summed E-state index contributed by atoms with van der Waals surface area (Å²) >= 11 is 0. The predicted molar refractivity (Wildman–Crippen MR) is 107 cm³/mol. The van der Waals surface area contributed by atoms with Crippen LogP contribution in [0.2, 0.25) is 0 Å². The van der Waals surface area contributed by atoms with Crippen molar-refractivity contribution >= 4 is 5.78 Å². The van der Waals surface area contributed by atoms with Crippen LogP contribution in [0, 0.1) is 0 Å². The van der Waals surface area contributed by atoms with Crippen molar-refractivity contribution in [2.24, 2.45) is 5.73 Å². The zero-order chi connectivity index (χ0) is 19.3. The van der Waals surface area contributed by atoms with Gasteiger partial charge in [-0.25, -0.2) is 0 Å². The minimum atomic E-state index is -1.21. The van der Waals surface area contributed by atoms with Gasteiger partial charge in [0.15, 0.2) is 5.78 Å². The molecule has 0 aliphatic carbocycles. The van der Waals surface area contributed by atoms with Gasteiger partial charge in [0.05, 0.1) is 12.1 Å². The molecular weight excluding hydrogens is 338 g/mol. The van der Waals surface area contributed by atoms with Gasteiger partial charge in [-0.15, -0.1) is 0 Å². The lowest BCUT2D eigenvalue weighted by Gasteiger charge is -2.19. The third-order valence-corrected chi connectivity index (χ3v) is 4.45. The minimum absolute atomic E-state index is 0.180.